The Bertz CT molecular complexity index is 1550. The summed E-state index contributed by atoms with van der Waals surface area (Å²) in [5, 5.41) is 6.29. The average Bonchev–Trinajstić information content (AvgIpc) is 3.07. The number of alkyl halides is 3. The molecule has 0 aliphatic carbocycles. The molecule has 2 atom stereocenters. The van der Waals surface area contributed by atoms with Gasteiger partial charge in [0.15, 0.2) is 5.78 Å². The number of carbonyl (C=O) groups excluding carboxylic acids is 2. The number of nitrogens with zero attached hydrogens (tertiary/aromatic N) is 4. The van der Waals surface area contributed by atoms with Gasteiger partial charge in [0.1, 0.15) is 23.4 Å². The van der Waals surface area contributed by atoms with Crippen molar-refractivity contribution in [3.8, 4) is 11.1 Å². The number of likely N-dealkylation sites (N-methyl/N-ethyl adjacent to an activating group) is 1. The van der Waals surface area contributed by atoms with Crippen LogP contribution >= 0.6 is 0 Å². The Morgan fingerprint density at radius 1 is 0.837 bits per heavy atom. The zero-order valence-corrected chi connectivity index (χ0v) is 29.2. The molecule has 0 saturated heterocycles. The molecule has 49 heavy (non-hydrogen) atoms. The number of ketones is 1. The van der Waals surface area contributed by atoms with Crippen molar-refractivity contribution in [2.45, 2.75) is 85.6 Å². The maximum absolute atomic E-state index is 14.4. The molecule has 0 aromatic heterocycles. The summed E-state index contributed by atoms with van der Waals surface area (Å²) in [5.74, 6) is -1.72. The van der Waals surface area contributed by atoms with Crippen molar-refractivity contribution in [2.24, 2.45) is 5.10 Å². The first kappa shape index (κ1) is 39.3. The fraction of sp³-hybridized carbons (Fsp3) is 0.447. The monoisotopic (exact) mass is 686 g/mol. The van der Waals surface area contributed by atoms with Crippen molar-refractivity contribution in [1.29, 1.82) is 0 Å². The number of hydrazone groups is 1. The molecule has 0 N–H and O–H groups in total. The number of hydrogen-bond acceptors (Lipinski definition) is 5. The molecule has 0 fully saturated rings. The maximum Gasteiger partial charge on any atom is 0.416 e. The number of carbonyl (C=O) groups is 2. The summed E-state index contributed by atoms with van der Waals surface area (Å²) >= 11 is 0. The minimum atomic E-state index is -4.41. The smallest absolute Gasteiger partial charge is 0.335 e. The van der Waals surface area contributed by atoms with Crippen LogP contribution in [0, 0.1) is 11.6 Å². The van der Waals surface area contributed by atoms with Gasteiger partial charge < -0.3 is 9.80 Å². The van der Waals surface area contributed by atoms with Crippen molar-refractivity contribution < 1.29 is 31.5 Å². The van der Waals surface area contributed by atoms with Crippen LogP contribution in [0.25, 0.3) is 11.1 Å². The van der Waals surface area contributed by atoms with Crippen LogP contribution in [0.15, 0.2) is 71.8 Å². The molecule has 6 nitrogen and oxygen atoms in total. The molecule has 0 saturated carbocycles. The largest absolute Gasteiger partial charge is 0.416 e. The van der Waals surface area contributed by atoms with E-state index in [1.54, 1.807) is 16.8 Å². The van der Waals surface area contributed by atoms with Crippen molar-refractivity contribution in [3.05, 3.63) is 95.1 Å². The number of amides is 1. The molecule has 3 rings (SSSR count). The lowest BCUT2D eigenvalue weighted by Crippen LogP contribution is -2.50. The second-order valence-corrected chi connectivity index (χ2v) is 12.2. The Balaban J connectivity index is 1.89. The highest BCUT2D eigenvalue weighted by Gasteiger charge is 2.31. The summed E-state index contributed by atoms with van der Waals surface area (Å²) < 4.78 is 67.0. The highest BCUT2D eigenvalue weighted by atomic mass is 19.4. The first-order valence-electron chi connectivity index (χ1n) is 16.8. The van der Waals surface area contributed by atoms with E-state index in [0.717, 1.165) is 42.4 Å². The second-order valence-electron chi connectivity index (χ2n) is 12.2. The lowest BCUT2D eigenvalue weighted by molar-refractivity contribution is -0.138. The van der Waals surface area contributed by atoms with Gasteiger partial charge in [-0.15, -0.1) is 0 Å². The summed E-state index contributed by atoms with van der Waals surface area (Å²) in [7, 11) is 0. The van der Waals surface area contributed by atoms with Crippen molar-refractivity contribution >= 4 is 17.4 Å². The molecule has 0 spiro atoms. The standard InChI is InChI=1S/C38H47F5N4O2/c1-7-36(28(6)48)44-47(26(4)10-13-32-18-21-34(39)24-35(32)40)27(5)37(49)46(23-22-45(8-2)9-3)25-29-11-14-30(15-12-29)31-16-19-33(20-17-31)38(41,42)43/h11-12,14-21,24,26-27H,7-10,13,22-23,25H2,1-6H3/b44-36-. The summed E-state index contributed by atoms with van der Waals surface area (Å²) in [4.78, 5) is 30.7. The maximum atomic E-state index is 14.4. The summed E-state index contributed by atoms with van der Waals surface area (Å²) in [5.41, 5.74) is 2.17. The third-order valence-electron chi connectivity index (χ3n) is 8.80. The third kappa shape index (κ3) is 11.2. The van der Waals surface area contributed by atoms with Crippen LogP contribution in [0.4, 0.5) is 22.0 Å². The fourth-order valence-corrected chi connectivity index (χ4v) is 5.64. The fourth-order valence-electron chi connectivity index (χ4n) is 5.64. The van der Waals surface area contributed by atoms with Crippen LogP contribution in [0.3, 0.4) is 0 Å². The Morgan fingerprint density at radius 3 is 1.94 bits per heavy atom. The minimum Gasteiger partial charge on any atom is -0.335 e. The Labute approximate surface area is 286 Å². The first-order valence-corrected chi connectivity index (χ1v) is 16.8. The Hall–Kier alpha value is -4.12. The molecule has 266 valence electrons. The molecule has 0 aliphatic rings. The lowest BCUT2D eigenvalue weighted by atomic mass is 10.0. The SMILES string of the molecule is CC/C(=N/N(C(C)CCc1ccc(F)cc1F)C(C)C(=O)N(CCN(CC)CC)Cc1ccc(-c2ccc(C(F)(F)F)cc2)cc1)C(C)=O. The number of halogens is 5. The average molecular weight is 687 g/mol. The number of aryl methyl sites for hydroxylation is 1. The second kappa shape index (κ2) is 18.0. The molecule has 3 aromatic rings. The number of Topliss-reactive ketones (excluding diaryl/α,β-unsaturated/α-hetero) is 1. The van der Waals surface area contributed by atoms with E-state index in [0.29, 0.717) is 42.8 Å². The Kier molecular flexibility index (Phi) is 14.5. The van der Waals surface area contributed by atoms with Crippen LogP contribution in [0.5, 0.6) is 0 Å². The van der Waals surface area contributed by atoms with Gasteiger partial charge in [-0.3, -0.25) is 14.6 Å². The van der Waals surface area contributed by atoms with Crippen LogP contribution in [-0.2, 0) is 28.7 Å². The predicted octanol–water partition coefficient (Wildman–Crippen LogP) is 8.39. The molecular weight excluding hydrogens is 639 g/mol. The quantitative estimate of drug-likeness (QED) is 0.0814. The minimum absolute atomic E-state index is 0.207. The van der Waals surface area contributed by atoms with E-state index in [4.69, 9.17) is 0 Å². The van der Waals surface area contributed by atoms with E-state index in [9.17, 15) is 31.5 Å². The van der Waals surface area contributed by atoms with Gasteiger partial charge in [0.25, 0.3) is 0 Å². The normalized spacial score (nSPS) is 13.3. The predicted molar refractivity (Wildman–Crippen MR) is 184 cm³/mol. The molecule has 0 aliphatic heterocycles. The third-order valence-corrected chi connectivity index (χ3v) is 8.80. The van der Waals surface area contributed by atoms with E-state index in [1.165, 1.54) is 31.2 Å². The number of benzene rings is 3. The molecule has 11 heteroatoms. The van der Waals surface area contributed by atoms with Crippen molar-refractivity contribution in [1.82, 2.24) is 14.8 Å². The van der Waals surface area contributed by atoms with Gasteiger partial charge >= 0.3 is 6.18 Å². The van der Waals surface area contributed by atoms with Gasteiger partial charge in [-0.25, -0.2) is 8.78 Å². The van der Waals surface area contributed by atoms with Crippen LogP contribution in [0.2, 0.25) is 0 Å². The Morgan fingerprint density at radius 2 is 1.43 bits per heavy atom. The topological polar surface area (TPSA) is 56.2 Å². The van der Waals surface area contributed by atoms with E-state index >= 15 is 0 Å². The zero-order chi connectivity index (χ0) is 36.3. The van der Waals surface area contributed by atoms with E-state index in [2.05, 4.69) is 10.0 Å². The van der Waals surface area contributed by atoms with Crippen molar-refractivity contribution in [2.75, 3.05) is 26.2 Å². The van der Waals surface area contributed by atoms with Gasteiger partial charge in [-0.2, -0.15) is 18.3 Å². The summed E-state index contributed by atoms with van der Waals surface area (Å²) in [6.07, 6.45) is -3.38. The highest BCUT2D eigenvalue weighted by Crippen LogP contribution is 2.31. The summed E-state index contributed by atoms with van der Waals surface area (Å²) in [6.45, 7) is 13.9. The molecule has 3 aromatic carbocycles. The highest BCUT2D eigenvalue weighted by molar-refractivity contribution is 6.38. The van der Waals surface area contributed by atoms with Gasteiger partial charge in [-0.1, -0.05) is 63.2 Å². The lowest BCUT2D eigenvalue weighted by Gasteiger charge is -2.36. The zero-order valence-electron chi connectivity index (χ0n) is 29.2. The molecular formula is C38H47F5N4O2. The molecule has 0 bridgehead atoms. The molecule has 0 radical (unpaired) electrons. The molecule has 1 amide bonds. The van der Waals surface area contributed by atoms with Gasteiger partial charge in [0.05, 0.1) is 5.56 Å². The van der Waals surface area contributed by atoms with E-state index < -0.39 is 29.4 Å². The van der Waals surface area contributed by atoms with Crippen molar-refractivity contribution in [3.63, 3.8) is 0 Å². The van der Waals surface area contributed by atoms with E-state index in [-0.39, 0.29) is 30.7 Å². The first-order chi connectivity index (χ1) is 23.2. The van der Waals surface area contributed by atoms with Gasteiger partial charge in [0, 0.05) is 38.7 Å². The van der Waals surface area contributed by atoms with Crippen LogP contribution in [0.1, 0.15) is 71.1 Å². The number of hydrogen-bond donors (Lipinski definition) is 0. The molecule has 0 heterocycles. The number of rotatable bonds is 17. The van der Waals surface area contributed by atoms with E-state index in [1.807, 2.05) is 52.0 Å². The summed E-state index contributed by atoms with van der Waals surface area (Å²) in [6, 6.07) is 14.6. The van der Waals surface area contributed by atoms with Gasteiger partial charge in [-0.05, 0) is 86.7 Å². The van der Waals surface area contributed by atoms with Crippen LogP contribution in [-0.4, -0.2) is 70.5 Å². The van der Waals surface area contributed by atoms with Gasteiger partial charge in [0.2, 0.25) is 5.91 Å². The molecule has 2 unspecified atom stereocenters. The van der Waals surface area contributed by atoms with Crippen LogP contribution < -0.4 is 0 Å².